The summed E-state index contributed by atoms with van der Waals surface area (Å²) >= 11 is 0. The Morgan fingerprint density at radius 3 is 2.26 bits per heavy atom. The number of hydrogen-bond donors (Lipinski definition) is 3. The first-order valence-electron chi connectivity index (χ1n) is 10.4. The van der Waals surface area contributed by atoms with Crippen LogP contribution in [0.2, 0.25) is 0 Å². The van der Waals surface area contributed by atoms with Gasteiger partial charge in [0.25, 0.3) is 0 Å². The molecule has 4 fully saturated rings. The van der Waals surface area contributed by atoms with E-state index in [-0.39, 0.29) is 17.5 Å². The fourth-order valence-corrected chi connectivity index (χ4v) is 6.02. The van der Waals surface area contributed by atoms with E-state index in [1.807, 2.05) is 24.3 Å². The van der Waals surface area contributed by atoms with Crippen LogP contribution in [0.1, 0.15) is 57.9 Å². The maximum absolute atomic E-state index is 12.5. The van der Waals surface area contributed by atoms with Crippen LogP contribution in [-0.2, 0) is 11.2 Å². The van der Waals surface area contributed by atoms with Gasteiger partial charge < -0.3 is 10.6 Å². The minimum absolute atomic E-state index is 0.0788. The van der Waals surface area contributed by atoms with E-state index in [2.05, 4.69) is 22.9 Å². The number of carbonyl (C=O) groups is 2. The van der Waals surface area contributed by atoms with Crippen LogP contribution in [0.4, 0.5) is 10.5 Å². The average Bonchev–Trinajstić information content (AvgIpc) is 2.60. The molecule has 5 nitrogen and oxygen atoms in total. The topological polar surface area (TPSA) is 70.2 Å². The summed E-state index contributed by atoms with van der Waals surface area (Å²) in [5.74, 6) is 2.00. The van der Waals surface area contributed by atoms with Gasteiger partial charge in [-0.15, -0.1) is 0 Å². The van der Waals surface area contributed by atoms with Crippen LogP contribution in [0.15, 0.2) is 24.3 Å². The standard InChI is InChI=1S/C22H31N3O2/c1-3-18-6-4-5-7-19(18)23-14(2)20(26)24-21(27)25-22-11-15-8-16(12-22)10-17(9-15)13-22/h4-7,14-17,23H,3,8-13H2,1-2H3,(H2,24,25,26,27)/t14-,15?,16?,17?,22?/m1/s1. The van der Waals surface area contributed by atoms with Gasteiger partial charge in [-0.3, -0.25) is 10.1 Å². The van der Waals surface area contributed by atoms with Gasteiger partial charge in [-0.25, -0.2) is 4.79 Å². The van der Waals surface area contributed by atoms with E-state index >= 15 is 0 Å². The second kappa shape index (κ2) is 7.17. The van der Waals surface area contributed by atoms with Crippen LogP contribution < -0.4 is 16.0 Å². The summed E-state index contributed by atoms with van der Waals surface area (Å²) in [6.45, 7) is 3.88. The molecule has 5 heteroatoms. The van der Waals surface area contributed by atoms with Gasteiger partial charge in [0.1, 0.15) is 6.04 Å². The van der Waals surface area contributed by atoms with Crippen molar-refractivity contribution in [2.45, 2.75) is 70.4 Å². The quantitative estimate of drug-likeness (QED) is 0.738. The number of urea groups is 1. The molecule has 27 heavy (non-hydrogen) atoms. The Kier molecular flexibility index (Phi) is 4.87. The predicted molar refractivity (Wildman–Crippen MR) is 106 cm³/mol. The molecule has 0 unspecified atom stereocenters. The molecule has 1 aromatic carbocycles. The highest BCUT2D eigenvalue weighted by atomic mass is 16.2. The van der Waals surface area contributed by atoms with Crippen LogP contribution in [-0.4, -0.2) is 23.5 Å². The van der Waals surface area contributed by atoms with Crippen LogP contribution in [0, 0.1) is 17.8 Å². The van der Waals surface area contributed by atoms with E-state index < -0.39 is 6.04 Å². The molecule has 3 amide bonds. The van der Waals surface area contributed by atoms with Gasteiger partial charge in [-0.1, -0.05) is 25.1 Å². The minimum atomic E-state index is -0.472. The zero-order chi connectivity index (χ0) is 19.0. The van der Waals surface area contributed by atoms with Crippen LogP contribution in [0.25, 0.3) is 0 Å². The maximum Gasteiger partial charge on any atom is 0.321 e. The smallest absolute Gasteiger partial charge is 0.321 e. The third kappa shape index (κ3) is 3.83. The molecular formula is C22H31N3O2. The van der Waals surface area contributed by atoms with Crippen molar-refractivity contribution in [3.63, 3.8) is 0 Å². The molecular weight excluding hydrogens is 338 g/mol. The number of carbonyl (C=O) groups excluding carboxylic acids is 2. The van der Waals surface area contributed by atoms with E-state index in [9.17, 15) is 9.59 Å². The summed E-state index contributed by atoms with van der Waals surface area (Å²) < 4.78 is 0. The first kappa shape index (κ1) is 18.3. The van der Waals surface area contributed by atoms with Gasteiger partial charge in [0.05, 0.1) is 0 Å². The summed E-state index contributed by atoms with van der Waals surface area (Å²) in [5, 5.41) is 8.99. The normalized spacial score (nSPS) is 32.0. The molecule has 0 heterocycles. The highest BCUT2D eigenvalue weighted by Gasteiger charge is 2.51. The Labute approximate surface area is 161 Å². The van der Waals surface area contributed by atoms with Crippen molar-refractivity contribution in [3.8, 4) is 0 Å². The Morgan fingerprint density at radius 1 is 1.07 bits per heavy atom. The molecule has 0 spiro atoms. The van der Waals surface area contributed by atoms with Crippen molar-refractivity contribution >= 4 is 17.6 Å². The molecule has 0 saturated heterocycles. The third-order valence-electron chi connectivity index (χ3n) is 6.82. The molecule has 0 aliphatic heterocycles. The molecule has 3 N–H and O–H groups in total. The average molecular weight is 370 g/mol. The summed E-state index contributed by atoms with van der Waals surface area (Å²) in [7, 11) is 0. The summed E-state index contributed by atoms with van der Waals surface area (Å²) in [4.78, 5) is 25.1. The van der Waals surface area contributed by atoms with E-state index in [0.717, 1.165) is 54.7 Å². The molecule has 4 bridgehead atoms. The Hall–Kier alpha value is -2.04. The monoisotopic (exact) mass is 369 g/mol. The number of benzene rings is 1. The summed E-state index contributed by atoms with van der Waals surface area (Å²) in [5.41, 5.74) is 2.03. The number of para-hydroxylation sites is 1. The summed E-state index contributed by atoms with van der Waals surface area (Å²) in [6.07, 6.45) is 8.14. The second-order valence-electron chi connectivity index (χ2n) is 9.02. The van der Waals surface area contributed by atoms with E-state index in [0.29, 0.717) is 0 Å². The lowest BCUT2D eigenvalue weighted by Crippen LogP contribution is -2.62. The largest absolute Gasteiger partial charge is 0.374 e. The maximum atomic E-state index is 12.5. The first-order valence-corrected chi connectivity index (χ1v) is 10.4. The van der Waals surface area contributed by atoms with Crippen molar-refractivity contribution in [2.24, 2.45) is 17.8 Å². The van der Waals surface area contributed by atoms with Crippen molar-refractivity contribution < 1.29 is 9.59 Å². The molecule has 4 aliphatic carbocycles. The lowest BCUT2D eigenvalue weighted by Gasteiger charge is -2.56. The van der Waals surface area contributed by atoms with E-state index in [4.69, 9.17) is 0 Å². The zero-order valence-electron chi connectivity index (χ0n) is 16.4. The third-order valence-corrected chi connectivity index (χ3v) is 6.82. The molecule has 146 valence electrons. The fraction of sp³-hybridized carbons (Fsp3) is 0.636. The Balaban J connectivity index is 1.33. The number of aryl methyl sites for hydroxylation is 1. The number of rotatable bonds is 5. The van der Waals surface area contributed by atoms with E-state index in [1.165, 1.54) is 19.3 Å². The lowest BCUT2D eigenvalue weighted by atomic mass is 9.53. The zero-order valence-corrected chi connectivity index (χ0v) is 16.4. The Morgan fingerprint density at radius 2 is 1.67 bits per heavy atom. The van der Waals surface area contributed by atoms with Gasteiger partial charge in [-0.05, 0) is 81.3 Å². The van der Waals surface area contributed by atoms with Crippen molar-refractivity contribution in [3.05, 3.63) is 29.8 Å². The second-order valence-corrected chi connectivity index (χ2v) is 9.02. The fourth-order valence-electron chi connectivity index (χ4n) is 6.02. The van der Waals surface area contributed by atoms with E-state index in [1.54, 1.807) is 6.92 Å². The molecule has 5 rings (SSSR count). The van der Waals surface area contributed by atoms with Gasteiger partial charge in [0, 0.05) is 11.2 Å². The highest BCUT2D eigenvalue weighted by molar-refractivity contribution is 5.98. The molecule has 4 aliphatic rings. The summed E-state index contributed by atoms with van der Waals surface area (Å²) in [6, 6.07) is 7.16. The van der Waals surface area contributed by atoms with Crippen molar-refractivity contribution in [2.75, 3.05) is 5.32 Å². The van der Waals surface area contributed by atoms with Crippen LogP contribution in [0.5, 0.6) is 0 Å². The number of nitrogens with one attached hydrogen (secondary N) is 3. The van der Waals surface area contributed by atoms with Crippen LogP contribution >= 0.6 is 0 Å². The number of amides is 3. The molecule has 1 aromatic rings. The number of imide groups is 1. The first-order chi connectivity index (χ1) is 13.0. The molecule has 0 aromatic heterocycles. The molecule has 0 radical (unpaired) electrons. The van der Waals surface area contributed by atoms with Crippen molar-refractivity contribution in [1.82, 2.24) is 10.6 Å². The predicted octanol–water partition coefficient (Wildman–Crippen LogP) is 3.84. The minimum Gasteiger partial charge on any atom is -0.374 e. The van der Waals surface area contributed by atoms with Gasteiger partial charge in [-0.2, -0.15) is 0 Å². The Bertz CT molecular complexity index is 695. The highest BCUT2D eigenvalue weighted by Crippen LogP contribution is 2.55. The molecule has 1 atom stereocenters. The number of anilines is 1. The van der Waals surface area contributed by atoms with Gasteiger partial charge in [0.2, 0.25) is 5.91 Å². The van der Waals surface area contributed by atoms with Gasteiger partial charge in [0.15, 0.2) is 0 Å². The van der Waals surface area contributed by atoms with Crippen LogP contribution in [0.3, 0.4) is 0 Å². The SMILES string of the molecule is CCc1ccccc1N[C@H](C)C(=O)NC(=O)NC12CC3CC(CC(C3)C1)C2. The van der Waals surface area contributed by atoms with Crippen molar-refractivity contribution in [1.29, 1.82) is 0 Å². The molecule has 4 saturated carbocycles. The lowest BCUT2D eigenvalue weighted by molar-refractivity contribution is -0.120. The van der Waals surface area contributed by atoms with Gasteiger partial charge >= 0.3 is 6.03 Å². The number of hydrogen-bond acceptors (Lipinski definition) is 3.